The van der Waals surface area contributed by atoms with Crippen molar-refractivity contribution in [3.63, 3.8) is 0 Å². The molecule has 0 bridgehead atoms. The number of rotatable bonds is 2. The third-order valence-corrected chi connectivity index (χ3v) is 3.82. The summed E-state index contributed by atoms with van der Waals surface area (Å²) in [5.74, 6) is 1.45. The van der Waals surface area contributed by atoms with Crippen molar-refractivity contribution in [1.29, 1.82) is 0 Å². The predicted octanol–water partition coefficient (Wildman–Crippen LogP) is 0.724. The lowest BCUT2D eigenvalue weighted by molar-refractivity contribution is 0.109. The second-order valence-corrected chi connectivity index (χ2v) is 5.13. The van der Waals surface area contributed by atoms with Crippen LogP contribution in [0.15, 0.2) is 6.20 Å². The quantitative estimate of drug-likeness (QED) is 0.835. The van der Waals surface area contributed by atoms with Crippen LogP contribution in [0.4, 0.5) is 5.95 Å². The number of nitrogens with zero attached hydrogens (tertiary/aromatic N) is 3. The molecule has 18 heavy (non-hydrogen) atoms. The standard InChI is InChI=1S/C13H20N4O/c14-6-10-2-1-4-17(8-10)13-15-7-11-9-18-5-3-12(11)16-13/h7,10H,1-6,8-9,14H2. The molecule has 3 rings (SSSR count). The Kier molecular flexibility index (Phi) is 3.43. The van der Waals surface area contributed by atoms with Crippen LogP contribution in [0.3, 0.4) is 0 Å². The van der Waals surface area contributed by atoms with E-state index in [2.05, 4.69) is 9.88 Å². The minimum absolute atomic E-state index is 0.585. The first-order chi connectivity index (χ1) is 8.86. The van der Waals surface area contributed by atoms with E-state index >= 15 is 0 Å². The molecule has 98 valence electrons. The largest absolute Gasteiger partial charge is 0.376 e. The van der Waals surface area contributed by atoms with Gasteiger partial charge in [0.05, 0.1) is 18.9 Å². The first-order valence-corrected chi connectivity index (χ1v) is 6.74. The number of hydrogen-bond acceptors (Lipinski definition) is 5. The minimum atomic E-state index is 0.585. The molecule has 1 saturated heterocycles. The van der Waals surface area contributed by atoms with Crippen molar-refractivity contribution >= 4 is 5.95 Å². The molecule has 0 radical (unpaired) electrons. The summed E-state index contributed by atoms with van der Waals surface area (Å²) in [6, 6.07) is 0. The third-order valence-electron chi connectivity index (χ3n) is 3.82. The highest BCUT2D eigenvalue weighted by Gasteiger charge is 2.22. The number of piperidine rings is 1. The Balaban J connectivity index is 1.79. The van der Waals surface area contributed by atoms with Crippen molar-refractivity contribution in [1.82, 2.24) is 9.97 Å². The van der Waals surface area contributed by atoms with Crippen LogP contribution in [0.25, 0.3) is 0 Å². The van der Waals surface area contributed by atoms with Gasteiger partial charge < -0.3 is 15.4 Å². The molecule has 1 fully saturated rings. The van der Waals surface area contributed by atoms with E-state index < -0.39 is 0 Å². The molecular formula is C13H20N4O. The lowest BCUT2D eigenvalue weighted by Gasteiger charge is -2.32. The summed E-state index contributed by atoms with van der Waals surface area (Å²) in [4.78, 5) is 11.5. The number of ether oxygens (including phenoxy) is 1. The molecule has 0 aromatic carbocycles. The molecule has 2 aliphatic rings. The van der Waals surface area contributed by atoms with E-state index in [0.29, 0.717) is 12.5 Å². The van der Waals surface area contributed by atoms with Crippen molar-refractivity contribution in [3.05, 3.63) is 17.5 Å². The van der Waals surface area contributed by atoms with Crippen molar-refractivity contribution in [2.75, 3.05) is 31.1 Å². The molecule has 0 amide bonds. The van der Waals surface area contributed by atoms with Crippen LogP contribution < -0.4 is 10.6 Å². The first kappa shape index (κ1) is 11.9. The van der Waals surface area contributed by atoms with Gasteiger partial charge in [-0.05, 0) is 25.3 Å². The molecular weight excluding hydrogens is 228 g/mol. The minimum Gasteiger partial charge on any atom is -0.376 e. The number of aromatic nitrogens is 2. The molecule has 5 heteroatoms. The van der Waals surface area contributed by atoms with Crippen LogP contribution in [0.1, 0.15) is 24.1 Å². The van der Waals surface area contributed by atoms with Crippen LogP contribution in [-0.4, -0.2) is 36.2 Å². The number of hydrogen-bond donors (Lipinski definition) is 1. The van der Waals surface area contributed by atoms with E-state index in [1.54, 1.807) is 0 Å². The summed E-state index contributed by atoms with van der Waals surface area (Å²) in [5.41, 5.74) is 8.06. The van der Waals surface area contributed by atoms with Gasteiger partial charge in [0.2, 0.25) is 5.95 Å². The van der Waals surface area contributed by atoms with Gasteiger partial charge in [-0.1, -0.05) is 0 Å². The zero-order chi connectivity index (χ0) is 12.4. The van der Waals surface area contributed by atoms with Gasteiger partial charge in [-0.3, -0.25) is 0 Å². The summed E-state index contributed by atoms with van der Waals surface area (Å²) in [7, 11) is 0. The molecule has 1 unspecified atom stereocenters. The molecule has 0 saturated carbocycles. The highest BCUT2D eigenvalue weighted by atomic mass is 16.5. The monoisotopic (exact) mass is 248 g/mol. The Morgan fingerprint density at radius 1 is 1.50 bits per heavy atom. The van der Waals surface area contributed by atoms with E-state index in [1.807, 2.05) is 6.20 Å². The van der Waals surface area contributed by atoms with Gasteiger partial charge in [0.1, 0.15) is 0 Å². The van der Waals surface area contributed by atoms with Crippen LogP contribution in [0.5, 0.6) is 0 Å². The summed E-state index contributed by atoms with van der Waals surface area (Å²) in [6.45, 7) is 4.22. The normalized spacial score (nSPS) is 23.8. The fourth-order valence-electron chi connectivity index (χ4n) is 2.71. The average Bonchev–Trinajstić information content (AvgIpc) is 2.47. The number of nitrogens with two attached hydrogens (primary N) is 1. The molecule has 3 heterocycles. The third kappa shape index (κ3) is 2.33. The Morgan fingerprint density at radius 3 is 3.33 bits per heavy atom. The zero-order valence-corrected chi connectivity index (χ0v) is 10.6. The summed E-state index contributed by atoms with van der Waals surface area (Å²) in [6.07, 6.45) is 5.24. The Hall–Kier alpha value is -1.20. The SMILES string of the molecule is NCC1CCCN(c2ncc3c(n2)CCOC3)C1. The Labute approximate surface area is 107 Å². The van der Waals surface area contributed by atoms with E-state index in [0.717, 1.165) is 49.9 Å². The highest BCUT2D eigenvalue weighted by molar-refractivity contribution is 5.34. The first-order valence-electron chi connectivity index (χ1n) is 6.74. The molecule has 1 aromatic rings. The molecule has 1 aromatic heterocycles. The van der Waals surface area contributed by atoms with Crippen molar-refractivity contribution in [2.24, 2.45) is 11.7 Å². The van der Waals surface area contributed by atoms with Crippen LogP contribution >= 0.6 is 0 Å². The smallest absolute Gasteiger partial charge is 0.225 e. The highest BCUT2D eigenvalue weighted by Crippen LogP contribution is 2.22. The summed E-state index contributed by atoms with van der Waals surface area (Å²) < 4.78 is 5.41. The van der Waals surface area contributed by atoms with Crippen molar-refractivity contribution in [2.45, 2.75) is 25.9 Å². The van der Waals surface area contributed by atoms with Gasteiger partial charge in [0.15, 0.2) is 0 Å². The molecule has 0 aliphatic carbocycles. The number of anilines is 1. The zero-order valence-electron chi connectivity index (χ0n) is 10.6. The maximum Gasteiger partial charge on any atom is 0.225 e. The average molecular weight is 248 g/mol. The number of fused-ring (bicyclic) bond motifs is 1. The van der Waals surface area contributed by atoms with Crippen LogP contribution in [0.2, 0.25) is 0 Å². The van der Waals surface area contributed by atoms with Crippen LogP contribution in [-0.2, 0) is 17.8 Å². The second-order valence-electron chi connectivity index (χ2n) is 5.13. The molecule has 2 aliphatic heterocycles. The molecule has 1 atom stereocenters. The Morgan fingerprint density at radius 2 is 2.44 bits per heavy atom. The van der Waals surface area contributed by atoms with Gasteiger partial charge in [0.25, 0.3) is 0 Å². The van der Waals surface area contributed by atoms with E-state index in [9.17, 15) is 0 Å². The Bertz CT molecular complexity index is 423. The fraction of sp³-hybridized carbons (Fsp3) is 0.692. The van der Waals surface area contributed by atoms with Gasteiger partial charge in [-0.2, -0.15) is 0 Å². The molecule has 0 spiro atoms. The van der Waals surface area contributed by atoms with Gasteiger partial charge in [-0.15, -0.1) is 0 Å². The predicted molar refractivity (Wildman–Crippen MR) is 69.4 cm³/mol. The van der Waals surface area contributed by atoms with E-state index in [1.165, 1.54) is 12.8 Å². The second kappa shape index (κ2) is 5.20. The maximum absolute atomic E-state index is 5.77. The van der Waals surface area contributed by atoms with Crippen LogP contribution in [0, 0.1) is 5.92 Å². The topological polar surface area (TPSA) is 64.3 Å². The molecule has 5 nitrogen and oxygen atoms in total. The maximum atomic E-state index is 5.77. The van der Waals surface area contributed by atoms with Crippen molar-refractivity contribution in [3.8, 4) is 0 Å². The van der Waals surface area contributed by atoms with Gasteiger partial charge in [0, 0.05) is 31.3 Å². The van der Waals surface area contributed by atoms with Crippen molar-refractivity contribution < 1.29 is 4.74 Å². The summed E-state index contributed by atoms with van der Waals surface area (Å²) >= 11 is 0. The summed E-state index contributed by atoms with van der Waals surface area (Å²) in [5, 5.41) is 0. The van der Waals surface area contributed by atoms with Gasteiger partial charge in [-0.25, -0.2) is 9.97 Å². The lowest BCUT2D eigenvalue weighted by Crippen LogP contribution is -2.39. The van der Waals surface area contributed by atoms with E-state index in [-0.39, 0.29) is 0 Å². The lowest BCUT2D eigenvalue weighted by atomic mass is 9.99. The molecule has 2 N–H and O–H groups in total. The fourth-order valence-corrected chi connectivity index (χ4v) is 2.71. The van der Waals surface area contributed by atoms with Gasteiger partial charge >= 0.3 is 0 Å². The van der Waals surface area contributed by atoms with E-state index in [4.69, 9.17) is 15.5 Å².